The minimum absolute atomic E-state index is 0.224. The standard InChI is InChI=1S/C11H13FN2O3/c1-6(10(16)13-2)14-11(17)8-4-3-7(15)5-9(8)12/h3-6,15H,1-2H3,(H,13,16)(H,14,17). The molecule has 0 spiro atoms. The lowest BCUT2D eigenvalue weighted by atomic mass is 10.1. The summed E-state index contributed by atoms with van der Waals surface area (Å²) in [6.45, 7) is 1.48. The van der Waals surface area contributed by atoms with Gasteiger partial charge in [-0.25, -0.2) is 4.39 Å². The normalized spacial score (nSPS) is 11.7. The van der Waals surface area contributed by atoms with Crippen molar-refractivity contribution in [3.8, 4) is 5.75 Å². The second-order valence-electron chi connectivity index (χ2n) is 3.47. The summed E-state index contributed by atoms with van der Waals surface area (Å²) in [5.74, 6) is -2.19. The molecule has 0 aliphatic carbocycles. The molecule has 0 aliphatic rings. The summed E-state index contributed by atoms with van der Waals surface area (Å²) < 4.78 is 13.3. The Labute approximate surface area is 97.6 Å². The van der Waals surface area contributed by atoms with E-state index in [0.29, 0.717) is 0 Å². The fourth-order valence-electron chi connectivity index (χ4n) is 1.24. The predicted molar refractivity (Wildman–Crippen MR) is 59.1 cm³/mol. The van der Waals surface area contributed by atoms with E-state index in [-0.39, 0.29) is 17.2 Å². The summed E-state index contributed by atoms with van der Waals surface area (Å²) in [4.78, 5) is 22.8. The van der Waals surface area contributed by atoms with Crippen molar-refractivity contribution in [2.45, 2.75) is 13.0 Å². The third kappa shape index (κ3) is 3.17. The highest BCUT2D eigenvalue weighted by Crippen LogP contribution is 2.14. The summed E-state index contributed by atoms with van der Waals surface area (Å²) in [7, 11) is 1.44. The highest BCUT2D eigenvalue weighted by molar-refractivity contribution is 5.97. The zero-order valence-corrected chi connectivity index (χ0v) is 9.45. The van der Waals surface area contributed by atoms with Crippen LogP contribution in [0.4, 0.5) is 4.39 Å². The van der Waals surface area contributed by atoms with Crippen molar-refractivity contribution < 1.29 is 19.1 Å². The zero-order valence-electron chi connectivity index (χ0n) is 9.45. The first-order valence-corrected chi connectivity index (χ1v) is 4.96. The molecule has 0 aromatic heterocycles. The average molecular weight is 240 g/mol. The maximum absolute atomic E-state index is 13.3. The van der Waals surface area contributed by atoms with Crippen LogP contribution in [0.3, 0.4) is 0 Å². The molecule has 0 saturated heterocycles. The van der Waals surface area contributed by atoms with E-state index in [1.807, 2.05) is 0 Å². The first kappa shape index (κ1) is 13.0. The van der Waals surface area contributed by atoms with Crippen LogP contribution in [0.25, 0.3) is 0 Å². The molecule has 2 amide bonds. The van der Waals surface area contributed by atoms with Gasteiger partial charge in [-0.3, -0.25) is 9.59 Å². The van der Waals surface area contributed by atoms with Crippen LogP contribution in [0.1, 0.15) is 17.3 Å². The molecule has 6 heteroatoms. The van der Waals surface area contributed by atoms with Gasteiger partial charge in [-0.1, -0.05) is 0 Å². The number of likely N-dealkylation sites (N-methyl/N-ethyl adjacent to an activating group) is 1. The van der Waals surface area contributed by atoms with E-state index in [1.54, 1.807) is 0 Å². The number of carbonyl (C=O) groups is 2. The smallest absolute Gasteiger partial charge is 0.254 e. The van der Waals surface area contributed by atoms with E-state index in [1.165, 1.54) is 20.0 Å². The van der Waals surface area contributed by atoms with Crippen molar-refractivity contribution in [2.24, 2.45) is 0 Å². The second kappa shape index (κ2) is 5.29. The van der Waals surface area contributed by atoms with Crippen LogP contribution in [-0.2, 0) is 4.79 Å². The van der Waals surface area contributed by atoms with Gasteiger partial charge in [0.1, 0.15) is 17.6 Å². The predicted octanol–water partition coefficient (Wildman–Crippen LogP) is 0.396. The van der Waals surface area contributed by atoms with Crippen molar-refractivity contribution >= 4 is 11.8 Å². The maximum atomic E-state index is 13.3. The molecule has 1 rings (SSSR count). The molecule has 92 valence electrons. The summed E-state index contributed by atoms with van der Waals surface area (Å²) in [6.07, 6.45) is 0. The summed E-state index contributed by atoms with van der Waals surface area (Å²) >= 11 is 0. The number of halogens is 1. The van der Waals surface area contributed by atoms with E-state index in [4.69, 9.17) is 5.11 Å². The third-order valence-corrected chi connectivity index (χ3v) is 2.18. The molecule has 0 fully saturated rings. The molecule has 0 saturated carbocycles. The zero-order chi connectivity index (χ0) is 13.0. The summed E-state index contributed by atoms with van der Waals surface area (Å²) in [5.41, 5.74) is -0.224. The van der Waals surface area contributed by atoms with Crippen LogP contribution >= 0.6 is 0 Å². The van der Waals surface area contributed by atoms with Crippen molar-refractivity contribution in [1.82, 2.24) is 10.6 Å². The molecule has 3 N–H and O–H groups in total. The van der Waals surface area contributed by atoms with E-state index in [9.17, 15) is 14.0 Å². The molecule has 5 nitrogen and oxygen atoms in total. The van der Waals surface area contributed by atoms with E-state index in [0.717, 1.165) is 12.1 Å². The highest BCUT2D eigenvalue weighted by atomic mass is 19.1. The summed E-state index contributed by atoms with van der Waals surface area (Å²) in [5, 5.41) is 13.7. The number of phenolic OH excluding ortho intramolecular Hbond substituents is 1. The number of hydrogen-bond donors (Lipinski definition) is 3. The van der Waals surface area contributed by atoms with Gasteiger partial charge in [-0.05, 0) is 19.1 Å². The number of rotatable bonds is 3. The van der Waals surface area contributed by atoms with Gasteiger partial charge in [0.15, 0.2) is 0 Å². The largest absolute Gasteiger partial charge is 0.508 e. The third-order valence-electron chi connectivity index (χ3n) is 2.18. The number of carbonyl (C=O) groups excluding carboxylic acids is 2. The quantitative estimate of drug-likeness (QED) is 0.715. The van der Waals surface area contributed by atoms with Crippen molar-refractivity contribution in [2.75, 3.05) is 7.05 Å². The number of nitrogens with one attached hydrogen (secondary N) is 2. The molecule has 1 atom stereocenters. The highest BCUT2D eigenvalue weighted by Gasteiger charge is 2.17. The lowest BCUT2D eigenvalue weighted by molar-refractivity contribution is -0.122. The molecule has 1 unspecified atom stereocenters. The lowest BCUT2D eigenvalue weighted by Crippen LogP contribution is -2.43. The van der Waals surface area contributed by atoms with Gasteiger partial charge in [-0.2, -0.15) is 0 Å². The van der Waals surface area contributed by atoms with Gasteiger partial charge in [0.05, 0.1) is 5.56 Å². The van der Waals surface area contributed by atoms with Crippen LogP contribution in [0.15, 0.2) is 18.2 Å². The fraction of sp³-hybridized carbons (Fsp3) is 0.273. The Balaban J connectivity index is 2.80. The van der Waals surface area contributed by atoms with Crippen LogP contribution in [0, 0.1) is 5.82 Å². The van der Waals surface area contributed by atoms with Crippen molar-refractivity contribution in [1.29, 1.82) is 0 Å². The Hall–Kier alpha value is -2.11. The van der Waals surface area contributed by atoms with E-state index >= 15 is 0 Å². The van der Waals surface area contributed by atoms with E-state index < -0.39 is 17.8 Å². The number of phenols is 1. The Morgan fingerprint density at radius 3 is 2.59 bits per heavy atom. The van der Waals surface area contributed by atoms with Crippen molar-refractivity contribution in [3.63, 3.8) is 0 Å². The van der Waals surface area contributed by atoms with Crippen LogP contribution < -0.4 is 10.6 Å². The molecular weight excluding hydrogens is 227 g/mol. The molecule has 17 heavy (non-hydrogen) atoms. The molecule has 0 aliphatic heterocycles. The number of amides is 2. The Kier molecular flexibility index (Phi) is 4.03. The fourth-order valence-corrected chi connectivity index (χ4v) is 1.24. The minimum atomic E-state index is -0.841. The maximum Gasteiger partial charge on any atom is 0.254 e. The van der Waals surface area contributed by atoms with Gasteiger partial charge in [0.2, 0.25) is 5.91 Å². The minimum Gasteiger partial charge on any atom is -0.508 e. The van der Waals surface area contributed by atoms with Gasteiger partial charge in [0.25, 0.3) is 5.91 Å². The SMILES string of the molecule is CNC(=O)C(C)NC(=O)c1ccc(O)cc1F. The Bertz CT molecular complexity index is 448. The molecule has 0 heterocycles. The number of hydrogen-bond acceptors (Lipinski definition) is 3. The lowest BCUT2D eigenvalue weighted by Gasteiger charge is -2.12. The topological polar surface area (TPSA) is 78.4 Å². The molecule has 0 bridgehead atoms. The van der Waals surface area contributed by atoms with Gasteiger partial charge in [-0.15, -0.1) is 0 Å². The monoisotopic (exact) mass is 240 g/mol. The van der Waals surface area contributed by atoms with Gasteiger partial charge < -0.3 is 15.7 Å². The molecular formula is C11H13FN2O3. The first-order valence-electron chi connectivity index (χ1n) is 4.96. The first-order chi connectivity index (χ1) is 7.95. The van der Waals surface area contributed by atoms with E-state index in [2.05, 4.69) is 10.6 Å². The average Bonchev–Trinajstić information content (AvgIpc) is 2.27. The van der Waals surface area contributed by atoms with Gasteiger partial charge in [0, 0.05) is 13.1 Å². The van der Waals surface area contributed by atoms with Crippen molar-refractivity contribution in [3.05, 3.63) is 29.6 Å². The molecule has 0 radical (unpaired) electrons. The number of benzene rings is 1. The number of aromatic hydroxyl groups is 1. The molecule has 1 aromatic rings. The van der Waals surface area contributed by atoms with Crippen LogP contribution in [-0.4, -0.2) is 30.0 Å². The Morgan fingerprint density at radius 2 is 2.06 bits per heavy atom. The second-order valence-corrected chi connectivity index (χ2v) is 3.47. The van der Waals surface area contributed by atoms with Gasteiger partial charge >= 0.3 is 0 Å². The van der Waals surface area contributed by atoms with Crippen LogP contribution in [0.5, 0.6) is 5.75 Å². The summed E-state index contributed by atoms with van der Waals surface area (Å²) in [6, 6.07) is 2.42. The van der Waals surface area contributed by atoms with Crippen LogP contribution in [0.2, 0.25) is 0 Å². The Morgan fingerprint density at radius 1 is 1.41 bits per heavy atom. The molecule has 1 aromatic carbocycles.